The molecule has 0 aliphatic heterocycles. The molecule has 2 heterocycles. The van der Waals surface area contributed by atoms with E-state index in [1.54, 1.807) is 0 Å². The van der Waals surface area contributed by atoms with Gasteiger partial charge in [-0.15, -0.1) is 0 Å². The van der Waals surface area contributed by atoms with Crippen LogP contribution in [-0.2, 0) is 14.4 Å². The third-order valence-corrected chi connectivity index (χ3v) is 8.93. The fourth-order valence-corrected chi connectivity index (χ4v) is 5.85. The van der Waals surface area contributed by atoms with Crippen LogP contribution in [0, 0.1) is 38.2 Å². The molecule has 0 fully saturated rings. The Morgan fingerprint density at radius 3 is 1.12 bits per heavy atom. The largest absolute Gasteiger partial charge is 3.00 e. The summed E-state index contributed by atoms with van der Waals surface area (Å²) in [6.07, 6.45) is -34.0. The first-order valence-electron chi connectivity index (χ1n) is 18.7. The van der Waals surface area contributed by atoms with Crippen LogP contribution < -0.4 is 15.3 Å². The molecule has 1 radical (unpaired) electrons. The topological polar surface area (TPSA) is 146 Å². The maximum Gasteiger partial charge on any atom is 3.00 e. The van der Waals surface area contributed by atoms with Gasteiger partial charge < -0.3 is 15.3 Å². The number of rotatable bonds is 4. The first-order chi connectivity index (χ1) is 32.5. The van der Waals surface area contributed by atoms with E-state index < -0.39 is 89.9 Å². The summed E-state index contributed by atoms with van der Waals surface area (Å²) in [5.41, 5.74) is 2.78. The van der Waals surface area contributed by atoms with Gasteiger partial charge in [-0.1, -0.05) is 72.8 Å². The summed E-state index contributed by atoms with van der Waals surface area (Å²) in [5.74, 6) is -16.9. The van der Waals surface area contributed by atoms with Gasteiger partial charge in [0.25, 0.3) is 17.3 Å². The minimum absolute atomic E-state index is 0. The molecule has 5 aromatic carbocycles. The summed E-state index contributed by atoms with van der Waals surface area (Å²) in [6, 6.07) is 36.6. The Kier molecular flexibility index (Phi) is 18.9. The van der Waals surface area contributed by atoms with Crippen molar-refractivity contribution in [3.8, 4) is 11.4 Å². The monoisotopic (exact) mass is 1190 g/mol. The molecule has 8 nitrogen and oxygen atoms in total. The van der Waals surface area contributed by atoms with Crippen LogP contribution >= 0.6 is 0 Å². The summed E-state index contributed by atoms with van der Waals surface area (Å²) in [7, 11) is 0. The number of fused-ring (bicyclic) bond motifs is 9. The Bertz CT molecular complexity index is 3080. The second-order valence-corrected chi connectivity index (χ2v) is 13.9. The van der Waals surface area contributed by atoms with E-state index >= 15 is 0 Å². The summed E-state index contributed by atoms with van der Waals surface area (Å²) in [4.78, 5) is 38.9. The molecule has 0 atom stereocenters. The van der Waals surface area contributed by atoms with Gasteiger partial charge in [0.2, 0.25) is 0 Å². The van der Waals surface area contributed by atoms with Gasteiger partial charge in [-0.2, -0.15) is 79.0 Å². The van der Waals surface area contributed by atoms with Crippen molar-refractivity contribution < 1.29 is 147 Å². The van der Waals surface area contributed by atoms with E-state index in [-0.39, 0.29) is 38.2 Å². The molecule has 7 rings (SSSR count). The van der Waals surface area contributed by atoms with E-state index in [0.29, 0.717) is 0 Å². The summed E-state index contributed by atoms with van der Waals surface area (Å²) < 4.78 is 203. The van der Waals surface area contributed by atoms with Gasteiger partial charge in [0.05, 0.1) is 16.9 Å². The summed E-state index contributed by atoms with van der Waals surface area (Å²) >= 11 is 0. The Morgan fingerprint density at radius 2 is 0.736 bits per heavy atom. The van der Waals surface area contributed by atoms with Gasteiger partial charge >= 0.3 is 75.2 Å². The van der Waals surface area contributed by atoms with Crippen LogP contribution in [0.25, 0.3) is 65.4 Å². The van der Waals surface area contributed by atoms with E-state index in [9.17, 15) is 109 Å². The normalized spacial score (nSPS) is 13.1. The second kappa shape index (κ2) is 22.8. The average molecular weight is 1190 g/mol. The van der Waals surface area contributed by atoms with E-state index in [1.807, 2.05) is 24.4 Å². The van der Waals surface area contributed by atoms with Gasteiger partial charge in [0.15, 0.2) is 0 Å². The number of allylic oxidation sites excluding steroid dienone is 6. The molecule has 0 N–H and O–H groups in total. The predicted octanol–water partition coefficient (Wildman–Crippen LogP) is 10.7. The van der Waals surface area contributed by atoms with Crippen LogP contribution in [0.5, 0.6) is 0 Å². The van der Waals surface area contributed by atoms with Gasteiger partial charge in [-0.3, -0.25) is 19.4 Å². The fourth-order valence-electron chi connectivity index (χ4n) is 5.85. The van der Waals surface area contributed by atoms with Crippen LogP contribution in [0.15, 0.2) is 145 Å². The first-order valence-corrected chi connectivity index (χ1v) is 18.7. The van der Waals surface area contributed by atoms with Crippen molar-refractivity contribution in [2.45, 2.75) is 37.1 Å². The van der Waals surface area contributed by atoms with E-state index in [0.717, 1.165) is 16.9 Å². The second-order valence-electron chi connectivity index (χ2n) is 13.9. The third kappa shape index (κ3) is 15.7. The number of halogens is 18. The Hall–Kier alpha value is -6.66. The predicted molar refractivity (Wildman–Crippen MR) is 211 cm³/mol. The molecule has 2 aromatic heterocycles. The van der Waals surface area contributed by atoms with Gasteiger partial charge in [-0.05, 0) is 109 Å². The fraction of sp³-hybridized carbons (Fsp3) is 0.133. The number of alkyl halides is 18. The van der Waals surface area contributed by atoms with Gasteiger partial charge in [0.1, 0.15) is 0 Å². The third-order valence-electron chi connectivity index (χ3n) is 8.93. The van der Waals surface area contributed by atoms with Crippen molar-refractivity contribution in [1.82, 2.24) is 9.97 Å². The van der Waals surface area contributed by atoms with Crippen LogP contribution in [0.2, 0.25) is 0 Å². The van der Waals surface area contributed by atoms with Crippen molar-refractivity contribution >= 4 is 71.3 Å². The molecule has 0 aliphatic rings. The number of ketones is 3. The first kappa shape index (κ1) is 59.7. The van der Waals surface area contributed by atoms with Crippen molar-refractivity contribution in [1.29, 1.82) is 0 Å². The van der Waals surface area contributed by atoms with Crippen LogP contribution in [0.1, 0.15) is 0 Å². The number of hydrogen-bond acceptors (Lipinski definition) is 8. The van der Waals surface area contributed by atoms with Crippen LogP contribution in [-0.4, -0.2) is 64.4 Å². The molecule has 7 aromatic rings. The minimum atomic E-state index is -5.46. The standard InChI is InChI=1S/C30H18N2.3C5H2F6O2.Dy/c1-2-6-23-19(5-1)8-9-20-10-12-22-13-11-21-14-16-25-24(29(21)30(22)28(20)23)15-17-27(32-25)26-7-3-4-18-31-26;3*6-4(7,8)2(12)1-3(13)5(9,10)11;/h1-18H;3*1,12H;/q;;;;+3/p-3/b;3*2-1-;. The van der Waals surface area contributed by atoms with Crippen LogP contribution in [0.3, 0.4) is 0 Å². The number of hydrogen-bond donors (Lipinski definition) is 0. The molecule has 0 saturated heterocycles. The van der Waals surface area contributed by atoms with Crippen molar-refractivity contribution in [3.05, 3.63) is 145 Å². The summed E-state index contributed by atoms with van der Waals surface area (Å²) in [5, 5.41) is 40.8. The smallest absolute Gasteiger partial charge is 0.869 e. The van der Waals surface area contributed by atoms with E-state index in [2.05, 4.69) is 89.9 Å². The number of nitrogens with zero attached hydrogens (tertiary/aromatic N) is 2. The van der Waals surface area contributed by atoms with E-state index in [1.165, 1.54) is 48.5 Å². The van der Waals surface area contributed by atoms with Gasteiger partial charge in [0, 0.05) is 11.6 Å². The number of carbonyl (C=O) groups is 3. The maximum atomic E-state index is 11.3. The number of aromatic nitrogens is 2. The zero-order valence-electron chi connectivity index (χ0n) is 34.6. The molecular formula is C45H21DyF18N2O6. The van der Waals surface area contributed by atoms with Crippen molar-refractivity contribution in [2.75, 3.05) is 0 Å². The Labute approximate surface area is 419 Å². The minimum Gasteiger partial charge on any atom is -0.869 e. The molecule has 383 valence electrons. The molecule has 0 bridgehead atoms. The Balaban J connectivity index is 0.000000289. The molecule has 0 unspecified atom stereocenters. The molecule has 0 aliphatic carbocycles. The number of carbonyl (C=O) groups excluding carboxylic acids is 3. The zero-order chi connectivity index (χ0) is 53.7. The summed E-state index contributed by atoms with van der Waals surface area (Å²) in [6.45, 7) is 0. The number of pyridine rings is 2. The molecule has 0 amide bonds. The molecular weight excluding hydrogens is 1170 g/mol. The SMILES string of the molecule is O=C(/C=C(\[O-])C(F)(F)F)C(F)(F)F.O=C(/C=C(\[O-])C(F)(F)F)C(F)(F)F.O=C(/C=C(\[O-])C(F)(F)F)C(F)(F)F.[Dy+3].c1ccc(-c2ccc3c(ccc4ccc5ccc6ccc7ccccc7c6c5c43)n2)nc1. The van der Waals surface area contributed by atoms with Crippen molar-refractivity contribution in [3.63, 3.8) is 0 Å². The Morgan fingerprint density at radius 1 is 0.375 bits per heavy atom. The van der Waals surface area contributed by atoms with Gasteiger partial charge in [-0.25, -0.2) is 4.98 Å². The quantitative estimate of drug-likeness (QED) is 0.0733. The molecule has 27 heteroatoms. The van der Waals surface area contributed by atoms with Crippen LogP contribution in [0.4, 0.5) is 79.0 Å². The molecule has 0 spiro atoms. The molecule has 0 saturated carbocycles. The molecule has 72 heavy (non-hydrogen) atoms. The van der Waals surface area contributed by atoms with Crippen molar-refractivity contribution in [2.24, 2.45) is 0 Å². The maximum absolute atomic E-state index is 11.3. The number of benzene rings is 5. The average Bonchev–Trinajstić information content (AvgIpc) is 3.27. The zero-order valence-corrected chi connectivity index (χ0v) is 36.6. The van der Waals surface area contributed by atoms with E-state index in [4.69, 9.17) is 4.98 Å².